The second-order valence-corrected chi connectivity index (χ2v) is 2.61. The summed E-state index contributed by atoms with van der Waals surface area (Å²) in [5, 5.41) is 0. The third kappa shape index (κ3) is 13.5. The quantitative estimate of drug-likeness (QED) is 0.420. The summed E-state index contributed by atoms with van der Waals surface area (Å²) in [7, 11) is 0. The van der Waals surface area contributed by atoms with E-state index in [1.165, 1.54) is 32.1 Å². The van der Waals surface area contributed by atoms with E-state index < -0.39 is 0 Å². The SMILES string of the molecule is C/C=C/[CH]CCCCCC.[MgH2]. The van der Waals surface area contributed by atoms with Gasteiger partial charge in [0.2, 0.25) is 0 Å². The predicted molar refractivity (Wildman–Crippen MR) is 56.4 cm³/mol. The average Bonchev–Trinajstić information content (AvgIpc) is 1.97. The molecule has 0 amide bonds. The van der Waals surface area contributed by atoms with Gasteiger partial charge in [-0.25, -0.2) is 0 Å². The van der Waals surface area contributed by atoms with Gasteiger partial charge < -0.3 is 0 Å². The molecule has 0 heterocycles. The van der Waals surface area contributed by atoms with Crippen molar-refractivity contribution in [3.05, 3.63) is 18.6 Å². The number of unbranched alkanes of at least 4 members (excludes halogenated alkanes) is 5. The monoisotopic (exact) mass is 165 g/mol. The van der Waals surface area contributed by atoms with Gasteiger partial charge in [-0.15, -0.1) is 0 Å². The molecule has 0 fully saturated rings. The molecule has 0 aromatic carbocycles. The van der Waals surface area contributed by atoms with Crippen LogP contribution in [-0.2, 0) is 0 Å². The Morgan fingerprint density at radius 1 is 1.09 bits per heavy atom. The molecule has 0 unspecified atom stereocenters. The van der Waals surface area contributed by atoms with E-state index in [0.717, 1.165) is 0 Å². The van der Waals surface area contributed by atoms with Crippen LogP contribution in [0.4, 0.5) is 0 Å². The minimum absolute atomic E-state index is 0. The van der Waals surface area contributed by atoms with Crippen molar-refractivity contribution in [2.24, 2.45) is 0 Å². The third-order valence-electron chi connectivity index (χ3n) is 1.55. The smallest absolute Gasteiger partial charge is 0.0914 e. The molecule has 11 heavy (non-hydrogen) atoms. The molecule has 0 aromatic rings. The van der Waals surface area contributed by atoms with Gasteiger partial charge in [0.15, 0.2) is 0 Å². The predicted octanol–water partition coefficient (Wildman–Crippen LogP) is 2.82. The summed E-state index contributed by atoms with van der Waals surface area (Å²) in [5.41, 5.74) is 0. The van der Waals surface area contributed by atoms with Gasteiger partial charge in [0.05, 0.1) is 0 Å². The van der Waals surface area contributed by atoms with Crippen molar-refractivity contribution in [1.82, 2.24) is 0 Å². The average molecular weight is 166 g/mol. The Morgan fingerprint density at radius 3 is 2.36 bits per heavy atom. The van der Waals surface area contributed by atoms with E-state index >= 15 is 0 Å². The fourth-order valence-corrected chi connectivity index (χ4v) is 0.921. The van der Waals surface area contributed by atoms with Crippen molar-refractivity contribution in [3.63, 3.8) is 0 Å². The maximum atomic E-state index is 2.25. The molecule has 0 aliphatic carbocycles. The van der Waals surface area contributed by atoms with Crippen LogP contribution in [0.1, 0.15) is 46.0 Å². The van der Waals surface area contributed by atoms with Crippen molar-refractivity contribution in [1.29, 1.82) is 0 Å². The van der Waals surface area contributed by atoms with Gasteiger partial charge in [-0.3, -0.25) is 0 Å². The van der Waals surface area contributed by atoms with Crippen LogP contribution >= 0.6 is 0 Å². The number of allylic oxidation sites excluding steroid dienone is 2. The van der Waals surface area contributed by atoms with Gasteiger partial charge in [0.1, 0.15) is 0 Å². The summed E-state index contributed by atoms with van der Waals surface area (Å²) in [4.78, 5) is 0. The molecule has 0 bridgehead atoms. The Bertz CT molecular complexity index is 76.9. The Morgan fingerprint density at radius 2 is 1.82 bits per heavy atom. The first kappa shape index (κ1) is 14.1. The normalized spacial score (nSPS) is 10.0. The van der Waals surface area contributed by atoms with E-state index in [9.17, 15) is 0 Å². The maximum Gasteiger partial charge on any atom is 0.316 e. The highest BCUT2D eigenvalue weighted by atomic mass is 24.3. The molecule has 0 N–H and O–H groups in total. The summed E-state index contributed by atoms with van der Waals surface area (Å²) in [6, 6.07) is 0. The molecule has 0 nitrogen and oxygen atoms in total. The lowest BCUT2D eigenvalue weighted by Gasteiger charge is -1.94. The van der Waals surface area contributed by atoms with E-state index in [-0.39, 0.29) is 23.1 Å². The maximum absolute atomic E-state index is 2.25. The lowest BCUT2D eigenvalue weighted by molar-refractivity contribution is 0.666. The number of hydrogen-bond donors (Lipinski definition) is 0. The largest absolute Gasteiger partial charge is 0.316 e. The highest BCUT2D eigenvalue weighted by Crippen LogP contribution is 2.04. The third-order valence-corrected chi connectivity index (χ3v) is 1.55. The van der Waals surface area contributed by atoms with E-state index in [2.05, 4.69) is 32.4 Å². The van der Waals surface area contributed by atoms with Crippen molar-refractivity contribution in [2.75, 3.05) is 0 Å². The second-order valence-electron chi connectivity index (χ2n) is 2.61. The van der Waals surface area contributed by atoms with Crippen LogP contribution in [0.5, 0.6) is 0 Å². The zero-order chi connectivity index (χ0) is 7.66. The lowest BCUT2D eigenvalue weighted by Crippen LogP contribution is -1.75. The fourth-order valence-electron chi connectivity index (χ4n) is 0.921. The molecule has 0 aromatic heterocycles. The first-order valence-corrected chi connectivity index (χ1v) is 4.36. The summed E-state index contributed by atoms with van der Waals surface area (Å²) >= 11 is 0. The molecule has 0 aliphatic heterocycles. The Labute approximate surface area is 87.6 Å². The number of hydrogen-bond acceptors (Lipinski definition) is 0. The zero-order valence-corrected chi connectivity index (χ0v) is 7.27. The first-order chi connectivity index (χ1) is 4.91. The van der Waals surface area contributed by atoms with Gasteiger partial charge in [-0.2, -0.15) is 0 Å². The summed E-state index contributed by atoms with van der Waals surface area (Å²) in [6.45, 7) is 4.30. The minimum Gasteiger partial charge on any atom is -0.0914 e. The molecule has 63 valence electrons. The van der Waals surface area contributed by atoms with Crippen LogP contribution in [0.25, 0.3) is 0 Å². The Kier molecular flexibility index (Phi) is 16.8. The molecule has 0 spiro atoms. The summed E-state index contributed by atoms with van der Waals surface area (Å²) < 4.78 is 0. The van der Waals surface area contributed by atoms with E-state index in [0.29, 0.717) is 0 Å². The van der Waals surface area contributed by atoms with E-state index in [4.69, 9.17) is 0 Å². The van der Waals surface area contributed by atoms with Crippen LogP contribution in [-0.4, -0.2) is 23.1 Å². The van der Waals surface area contributed by atoms with Crippen molar-refractivity contribution in [3.8, 4) is 0 Å². The molecular formula is C10H21Mg. The van der Waals surface area contributed by atoms with Crippen LogP contribution in [0, 0.1) is 6.42 Å². The van der Waals surface area contributed by atoms with E-state index in [1.807, 2.05) is 0 Å². The van der Waals surface area contributed by atoms with Crippen molar-refractivity contribution >= 4 is 23.1 Å². The van der Waals surface area contributed by atoms with Gasteiger partial charge in [0.25, 0.3) is 0 Å². The van der Waals surface area contributed by atoms with Gasteiger partial charge in [0, 0.05) is 0 Å². The highest BCUT2D eigenvalue weighted by molar-refractivity contribution is 5.75. The Balaban J connectivity index is 0. The van der Waals surface area contributed by atoms with Crippen LogP contribution in [0.15, 0.2) is 12.2 Å². The topological polar surface area (TPSA) is 0 Å². The van der Waals surface area contributed by atoms with Crippen LogP contribution in [0.3, 0.4) is 0 Å². The lowest BCUT2D eigenvalue weighted by atomic mass is 10.1. The summed E-state index contributed by atoms with van der Waals surface area (Å²) in [5.74, 6) is 0. The number of rotatable bonds is 6. The fraction of sp³-hybridized carbons (Fsp3) is 0.700. The van der Waals surface area contributed by atoms with Crippen LogP contribution < -0.4 is 0 Å². The summed E-state index contributed by atoms with van der Waals surface area (Å²) in [6.07, 6.45) is 13.2. The highest BCUT2D eigenvalue weighted by Gasteiger charge is 1.85. The molecule has 1 radical (unpaired) electrons. The molecular weight excluding hydrogens is 144 g/mol. The first-order valence-electron chi connectivity index (χ1n) is 4.36. The molecule has 0 saturated heterocycles. The van der Waals surface area contributed by atoms with Crippen LogP contribution in [0.2, 0.25) is 0 Å². The molecule has 0 atom stereocenters. The minimum atomic E-state index is 0. The van der Waals surface area contributed by atoms with Gasteiger partial charge in [-0.1, -0.05) is 44.8 Å². The molecule has 0 aliphatic rings. The van der Waals surface area contributed by atoms with Crippen molar-refractivity contribution in [2.45, 2.75) is 46.0 Å². The van der Waals surface area contributed by atoms with Crippen molar-refractivity contribution < 1.29 is 0 Å². The van der Waals surface area contributed by atoms with Gasteiger partial charge >= 0.3 is 23.1 Å². The molecule has 1 heteroatoms. The molecule has 0 saturated carbocycles. The standard InChI is InChI=1S/C10H19.Mg.2H/c1-3-5-7-9-10-8-6-4-2;;;/h3,5,7H,4,6,8-10H2,1-2H3;;;/b5-3+;;;. The van der Waals surface area contributed by atoms with Gasteiger partial charge in [-0.05, 0) is 19.8 Å². The Hall–Kier alpha value is 0.506. The molecule has 0 rings (SSSR count). The second kappa shape index (κ2) is 13.1. The zero-order valence-electron chi connectivity index (χ0n) is 7.27. The van der Waals surface area contributed by atoms with E-state index in [1.54, 1.807) is 0 Å².